The standard InChI is InChI=1S/C19H33N5OS.HI/c1-20-19(21-7-9-24-10-12-25-13-11-24)22-15-16-5-3-8-23(2)18(16)17-6-4-14-26-17;/h4,6,14,16,18H,3,5,7-13,15H2,1-2H3,(H2,20,21,22);1H. The summed E-state index contributed by atoms with van der Waals surface area (Å²) in [6.07, 6.45) is 2.54. The van der Waals surface area contributed by atoms with Crippen molar-refractivity contribution in [1.82, 2.24) is 20.4 Å². The molecule has 1 aromatic rings. The fourth-order valence-electron chi connectivity index (χ4n) is 3.99. The molecule has 3 heterocycles. The van der Waals surface area contributed by atoms with Crippen LogP contribution in [0, 0.1) is 5.92 Å². The van der Waals surface area contributed by atoms with Crippen molar-refractivity contribution < 1.29 is 4.74 Å². The number of halogens is 1. The van der Waals surface area contributed by atoms with E-state index in [1.165, 1.54) is 24.3 Å². The van der Waals surface area contributed by atoms with Crippen molar-refractivity contribution in [3.05, 3.63) is 22.4 Å². The molecule has 8 heteroatoms. The molecule has 154 valence electrons. The van der Waals surface area contributed by atoms with Gasteiger partial charge >= 0.3 is 0 Å². The summed E-state index contributed by atoms with van der Waals surface area (Å²) in [5.41, 5.74) is 0. The minimum atomic E-state index is 0. The monoisotopic (exact) mass is 507 g/mol. The molecular formula is C19H34IN5OS. The molecule has 2 atom stereocenters. The highest BCUT2D eigenvalue weighted by Crippen LogP contribution is 2.36. The molecule has 0 saturated carbocycles. The van der Waals surface area contributed by atoms with Gasteiger partial charge < -0.3 is 15.4 Å². The second kappa shape index (κ2) is 12.2. The lowest BCUT2D eigenvalue weighted by atomic mass is 9.88. The van der Waals surface area contributed by atoms with E-state index in [1.807, 2.05) is 18.4 Å². The number of nitrogens with zero attached hydrogens (tertiary/aromatic N) is 3. The van der Waals surface area contributed by atoms with Crippen LogP contribution in [0.15, 0.2) is 22.5 Å². The molecule has 0 radical (unpaired) electrons. The SMILES string of the molecule is CN=C(NCCN1CCOCC1)NCC1CCCN(C)C1c1cccs1.I. The van der Waals surface area contributed by atoms with Crippen molar-refractivity contribution >= 4 is 41.3 Å². The molecule has 1 aromatic heterocycles. The van der Waals surface area contributed by atoms with Gasteiger partial charge in [-0.25, -0.2) is 0 Å². The van der Waals surface area contributed by atoms with Crippen LogP contribution in [-0.2, 0) is 4.74 Å². The Kier molecular flexibility index (Phi) is 10.3. The van der Waals surface area contributed by atoms with Crippen molar-refractivity contribution in [2.75, 3.05) is 66.6 Å². The highest BCUT2D eigenvalue weighted by Gasteiger charge is 2.31. The second-order valence-electron chi connectivity index (χ2n) is 7.18. The molecule has 2 unspecified atom stereocenters. The average Bonchev–Trinajstić information content (AvgIpc) is 3.19. The van der Waals surface area contributed by atoms with Gasteiger partial charge in [0.2, 0.25) is 0 Å². The maximum atomic E-state index is 5.40. The van der Waals surface area contributed by atoms with Crippen molar-refractivity contribution in [1.29, 1.82) is 0 Å². The number of hydrogen-bond acceptors (Lipinski definition) is 5. The molecule has 27 heavy (non-hydrogen) atoms. The Morgan fingerprint density at radius 3 is 2.81 bits per heavy atom. The number of morpholine rings is 1. The molecule has 0 aromatic carbocycles. The van der Waals surface area contributed by atoms with Gasteiger partial charge in [-0.2, -0.15) is 0 Å². The van der Waals surface area contributed by atoms with Crippen LogP contribution in [0.4, 0.5) is 0 Å². The number of hydrogen-bond donors (Lipinski definition) is 2. The largest absolute Gasteiger partial charge is 0.379 e. The summed E-state index contributed by atoms with van der Waals surface area (Å²) >= 11 is 1.88. The van der Waals surface area contributed by atoms with Crippen LogP contribution in [0.5, 0.6) is 0 Å². The Labute approximate surface area is 184 Å². The van der Waals surface area contributed by atoms with E-state index in [2.05, 4.69) is 50.0 Å². The third kappa shape index (κ3) is 6.85. The molecule has 0 spiro atoms. The Morgan fingerprint density at radius 1 is 1.30 bits per heavy atom. The van der Waals surface area contributed by atoms with E-state index in [4.69, 9.17) is 4.74 Å². The van der Waals surface area contributed by atoms with Gasteiger partial charge in [0.1, 0.15) is 0 Å². The predicted molar refractivity (Wildman–Crippen MR) is 124 cm³/mol. The molecule has 2 saturated heterocycles. The summed E-state index contributed by atoms with van der Waals surface area (Å²) in [6, 6.07) is 4.96. The fraction of sp³-hybridized carbons (Fsp3) is 0.737. The average molecular weight is 507 g/mol. The number of aliphatic imine (C=N–C) groups is 1. The van der Waals surface area contributed by atoms with Gasteiger partial charge in [0, 0.05) is 50.7 Å². The summed E-state index contributed by atoms with van der Waals surface area (Å²) < 4.78 is 5.40. The number of nitrogens with one attached hydrogen (secondary N) is 2. The van der Waals surface area contributed by atoms with Crippen LogP contribution in [-0.4, -0.2) is 82.3 Å². The summed E-state index contributed by atoms with van der Waals surface area (Å²) in [5.74, 6) is 1.53. The first kappa shape index (κ1) is 22.9. The number of guanidine groups is 1. The van der Waals surface area contributed by atoms with Gasteiger partial charge in [-0.15, -0.1) is 35.3 Å². The van der Waals surface area contributed by atoms with Crippen LogP contribution in [0.3, 0.4) is 0 Å². The normalized spacial score (nSPS) is 25.0. The van der Waals surface area contributed by atoms with Gasteiger partial charge in [0.15, 0.2) is 5.96 Å². The van der Waals surface area contributed by atoms with Crippen LogP contribution in [0.1, 0.15) is 23.8 Å². The third-order valence-electron chi connectivity index (χ3n) is 5.42. The quantitative estimate of drug-likeness (QED) is 0.352. The molecule has 2 fully saturated rings. The first-order valence-corrected chi connectivity index (χ1v) is 10.6. The smallest absolute Gasteiger partial charge is 0.191 e. The first-order valence-electron chi connectivity index (χ1n) is 9.76. The summed E-state index contributed by atoms with van der Waals surface area (Å²) in [5, 5.41) is 9.21. The minimum Gasteiger partial charge on any atom is -0.379 e. The first-order chi connectivity index (χ1) is 12.8. The number of rotatable bonds is 6. The number of piperidine rings is 1. The predicted octanol–water partition coefficient (Wildman–Crippen LogP) is 2.25. The van der Waals surface area contributed by atoms with Crippen LogP contribution >= 0.6 is 35.3 Å². The van der Waals surface area contributed by atoms with Gasteiger partial charge in [0.25, 0.3) is 0 Å². The fourth-order valence-corrected chi connectivity index (χ4v) is 4.97. The van der Waals surface area contributed by atoms with E-state index in [9.17, 15) is 0 Å². The Morgan fingerprint density at radius 2 is 2.11 bits per heavy atom. The number of likely N-dealkylation sites (tertiary alicyclic amines) is 1. The molecule has 2 aliphatic rings. The Bertz CT molecular complexity index is 550. The molecule has 2 N–H and O–H groups in total. The van der Waals surface area contributed by atoms with Gasteiger partial charge in [-0.3, -0.25) is 14.8 Å². The molecular weight excluding hydrogens is 473 g/mol. The summed E-state index contributed by atoms with van der Waals surface area (Å²) in [4.78, 5) is 10.8. The van der Waals surface area contributed by atoms with Gasteiger partial charge in [-0.05, 0) is 43.8 Å². The molecule has 2 aliphatic heterocycles. The molecule has 0 aliphatic carbocycles. The van der Waals surface area contributed by atoms with Crippen molar-refractivity contribution in [2.45, 2.75) is 18.9 Å². The zero-order valence-corrected chi connectivity index (χ0v) is 19.7. The summed E-state index contributed by atoms with van der Waals surface area (Å²) in [7, 11) is 4.11. The van der Waals surface area contributed by atoms with Crippen LogP contribution in [0.25, 0.3) is 0 Å². The van der Waals surface area contributed by atoms with E-state index in [0.717, 1.165) is 51.9 Å². The van der Waals surface area contributed by atoms with E-state index in [1.54, 1.807) is 0 Å². The minimum absolute atomic E-state index is 0. The maximum absolute atomic E-state index is 5.40. The van der Waals surface area contributed by atoms with Crippen molar-refractivity contribution in [3.63, 3.8) is 0 Å². The van der Waals surface area contributed by atoms with Gasteiger partial charge in [-0.1, -0.05) is 6.07 Å². The van der Waals surface area contributed by atoms with E-state index >= 15 is 0 Å². The molecule has 0 amide bonds. The van der Waals surface area contributed by atoms with E-state index in [0.29, 0.717) is 12.0 Å². The Balaban J connectivity index is 0.00000261. The lowest BCUT2D eigenvalue weighted by molar-refractivity contribution is 0.0389. The highest BCUT2D eigenvalue weighted by molar-refractivity contribution is 14.0. The number of thiophene rings is 1. The second-order valence-corrected chi connectivity index (χ2v) is 8.16. The van der Waals surface area contributed by atoms with E-state index in [-0.39, 0.29) is 24.0 Å². The van der Waals surface area contributed by atoms with Crippen LogP contribution < -0.4 is 10.6 Å². The zero-order chi connectivity index (χ0) is 18.2. The molecule has 0 bridgehead atoms. The van der Waals surface area contributed by atoms with Crippen molar-refractivity contribution in [2.24, 2.45) is 10.9 Å². The highest BCUT2D eigenvalue weighted by atomic mass is 127. The third-order valence-corrected chi connectivity index (χ3v) is 6.36. The Hall–Kier alpha value is -0.420. The maximum Gasteiger partial charge on any atom is 0.191 e. The zero-order valence-electron chi connectivity index (χ0n) is 16.5. The summed E-state index contributed by atoms with van der Waals surface area (Å²) in [6.45, 7) is 7.87. The van der Waals surface area contributed by atoms with Crippen molar-refractivity contribution in [3.8, 4) is 0 Å². The number of ether oxygens (including phenoxy) is 1. The van der Waals surface area contributed by atoms with E-state index < -0.39 is 0 Å². The van der Waals surface area contributed by atoms with Gasteiger partial charge in [0.05, 0.1) is 13.2 Å². The molecule has 3 rings (SSSR count). The molecule has 6 nitrogen and oxygen atoms in total. The lowest BCUT2D eigenvalue weighted by Gasteiger charge is -2.39. The topological polar surface area (TPSA) is 52.1 Å². The van der Waals surface area contributed by atoms with Crippen LogP contribution in [0.2, 0.25) is 0 Å². The lowest BCUT2D eigenvalue weighted by Crippen LogP contribution is -2.47.